The van der Waals surface area contributed by atoms with Gasteiger partial charge in [0, 0.05) is 12.5 Å². The lowest BCUT2D eigenvalue weighted by molar-refractivity contribution is 0.0896. The number of ketones is 1. The van der Waals surface area contributed by atoms with Crippen molar-refractivity contribution in [3.63, 3.8) is 0 Å². The topological polar surface area (TPSA) is 26.3 Å². The van der Waals surface area contributed by atoms with E-state index in [-0.39, 0.29) is 22.3 Å². The van der Waals surface area contributed by atoms with Crippen LogP contribution in [0.15, 0.2) is 18.2 Å². The first-order valence-corrected chi connectivity index (χ1v) is 5.14. The molecule has 2 nitrogen and oxygen atoms in total. The molecule has 0 N–H and O–H groups in total. The van der Waals surface area contributed by atoms with Crippen molar-refractivity contribution in [2.45, 2.75) is 6.42 Å². The van der Waals surface area contributed by atoms with Gasteiger partial charge in [-0.25, -0.2) is 4.39 Å². The molecule has 1 aromatic carbocycles. The number of carbonyl (C=O) groups excluding carboxylic acids is 1. The minimum atomic E-state index is -0.629. The lowest BCUT2D eigenvalue weighted by Gasteiger charge is -2.07. The standard InChI is InChI=1S/C11H10ClFO2/c12-9-3-1-2-8(10(9)13)11(14)7-4-5-15-6-7/h1-3,7H,4-6H2. The van der Waals surface area contributed by atoms with Gasteiger partial charge < -0.3 is 4.74 Å². The van der Waals surface area contributed by atoms with Crippen LogP contribution >= 0.6 is 11.6 Å². The summed E-state index contributed by atoms with van der Waals surface area (Å²) < 4.78 is 18.6. The van der Waals surface area contributed by atoms with Crippen LogP contribution in [-0.4, -0.2) is 19.0 Å². The molecule has 1 atom stereocenters. The van der Waals surface area contributed by atoms with Gasteiger partial charge in [0.05, 0.1) is 17.2 Å². The van der Waals surface area contributed by atoms with Crippen molar-refractivity contribution < 1.29 is 13.9 Å². The predicted molar refractivity (Wildman–Crippen MR) is 54.7 cm³/mol. The SMILES string of the molecule is O=C(c1cccc(Cl)c1F)C1CCOC1. The van der Waals surface area contributed by atoms with E-state index in [1.807, 2.05) is 0 Å². The van der Waals surface area contributed by atoms with Crippen LogP contribution in [0.3, 0.4) is 0 Å². The van der Waals surface area contributed by atoms with E-state index in [9.17, 15) is 9.18 Å². The van der Waals surface area contributed by atoms with Crippen molar-refractivity contribution in [2.75, 3.05) is 13.2 Å². The summed E-state index contributed by atoms with van der Waals surface area (Å²) in [6, 6.07) is 4.47. The number of hydrogen-bond acceptors (Lipinski definition) is 2. The Balaban J connectivity index is 2.28. The van der Waals surface area contributed by atoms with Gasteiger partial charge in [-0.3, -0.25) is 4.79 Å². The fraction of sp³-hybridized carbons (Fsp3) is 0.364. The van der Waals surface area contributed by atoms with Crippen LogP contribution < -0.4 is 0 Å². The van der Waals surface area contributed by atoms with E-state index in [4.69, 9.17) is 16.3 Å². The van der Waals surface area contributed by atoms with E-state index in [2.05, 4.69) is 0 Å². The first-order valence-electron chi connectivity index (χ1n) is 4.76. The van der Waals surface area contributed by atoms with Crippen LogP contribution in [-0.2, 0) is 4.74 Å². The molecule has 1 saturated heterocycles. The third-order valence-corrected chi connectivity index (χ3v) is 2.81. The molecule has 1 aromatic rings. The zero-order chi connectivity index (χ0) is 10.8. The largest absolute Gasteiger partial charge is 0.381 e. The molecular formula is C11H10ClFO2. The second-order valence-corrected chi connectivity index (χ2v) is 3.93. The minimum absolute atomic E-state index is 0.0141. The highest BCUT2D eigenvalue weighted by Crippen LogP contribution is 2.23. The normalized spacial score (nSPS) is 20.5. The third-order valence-electron chi connectivity index (χ3n) is 2.52. The zero-order valence-corrected chi connectivity index (χ0v) is 8.76. The average Bonchev–Trinajstić information content (AvgIpc) is 2.74. The highest BCUT2D eigenvalue weighted by molar-refractivity contribution is 6.31. The zero-order valence-electron chi connectivity index (χ0n) is 8.00. The second kappa shape index (κ2) is 4.29. The fourth-order valence-corrected chi connectivity index (χ4v) is 1.83. The maximum Gasteiger partial charge on any atom is 0.171 e. The number of Topliss-reactive ketones (excluding diaryl/α,β-unsaturated/α-hetero) is 1. The number of ether oxygens (including phenoxy) is 1. The molecule has 0 radical (unpaired) electrons. The highest BCUT2D eigenvalue weighted by Gasteiger charge is 2.27. The summed E-state index contributed by atoms with van der Waals surface area (Å²) in [4.78, 5) is 11.8. The first-order chi connectivity index (χ1) is 7.20. The van der Waals surface area contributed by atoms with Crippen molar-refractivity contribution in [3.8, 4) is 0 Å². The highest BCUT2D eigenvalue weighted by atomic mass is 35.5. The molecular weight excluding hydrogens is 219 g/mol. The fourth-order valence-electron chi connectivity index (χ4n) is 1.66. The molecule has 1 aliphatic heterocycles. The Bertz CT molecular complexity index is 386. The summed E-state index contributed by atoms with van der Waals surface area (Å²) in [5.41, 5.74) is 0.0676. The van der Waals surface area contributed by atoms with Crippen LogP contribution in [0.2, 0.25) is 5.02 Å². The van der Waals surface area contributed by atoms with E-state index >= 15 is 0 Å². The van der Waals surface area contributed by atoms with Gasteiger partial charge in [0.1, 0.15) is 0 Å². The van der Waals surface area contributed by atoms with Gasteiger partial charge in [-0.2, -0.15) is 0 Å². The first kappa shape index (κ1) is 10.6. The van der Waals surface area contributed by atoms with Crippen molar-refractivity contribution in [1.29, 1.82) is 0 Å². The molecule has 0 aromatic heterocycles. The summed E-state index contributed by atoms with van der Waals surface area (Å²) in [6.07, 6.45) is 0.658. The molecule has 0 saturated carbocycles. The van der Waals surface area contributed by atoms with Gasteiger partial charge in [-0.15, -0.1) is 0 Å². The maximum atomic E-state index is 13.5. The van der Waals surface area contributed by atoms with Crippen molar-refractivity contribution in [3.05, 3.63) is 34.6 Å². The number of rotatable bonds is 2. The minimum Gasteiger partial charge on any atom is -0.381 e. The Morgan fingerprint density at radius 2 is 2.33 bits per heavy atom. The molecule has 0 aliphatic carbocycles. The lowest BCUT2D eigenvalue weighted by Crippen LogP contribution is -2.16. The van der Waals surface area contributed by atoms with E-state index in [0.29, 0.717) is 19.6 Å². The Morgan fingerprint density at radius 1 is 1.53 bits per heavy atom. The Labute approximate surface area is 92.0 Å². The number of carbonyl (C=O) groups is 1. The van der Waals surface area contributed by atoms with Gasteiger partial charge in [-0.1, -0.05) is 17.7 Å². The summed E-state index contributed by atoms with van der Waals surface area (Å²) in [7, 11) is 0. The lowest BCUT2D eigenvalue weighted by atomic mass is 9.97. The molecule has 1 unspecified atom stereocenters. The molecule has 80 valence electrons. The van der Waals surface area contributed by atoms with Gasteiger partial charge in [0.25, 0.3) is 0 Å². The van der Waals surface area contributed by atoms with Crippen LogP contribution in [0, 0.1) is 11.7 Å². The van der Waals surface area contributed by atoms with Crippen LogP contribution in [0.4, 0.5) is 4.39 Å². The quantitative estimate of drug-likeness (QED) is 0.728. The van der Waals surface area contributed by atoms with Crippen molar-refractivity contribution in [2.24, 2.45) is 5.92 Å². The van der Waals surface area contributed by atoms with Crippen molar-refractivity contribution in [1.82, 2.24) is 0 Å². The van der Waals surface area contributed by atoms with Crippen LogP contribution in [0.1, 0.15) is 16.8 Å². The Kier molecular flexibility index (Phi) is 3.03. The number of benzene rings is 1. The second-order valence-electron chi connectivity index (χ2n) is 3.53. The molecule has 1 aliphatic rings. The molecule has 1 heterocycles. The van der Waals surface area contributed by atoms with E-state index in [1.165, 1.54) is 12.1 Å². The molecule has 15 heavy (non-hydrogen) atoms. The molecule has 0 amide bonds. The van der Waals surface area contributed by atoms with Gasteiger partial charge in [0.15, 0.2) is 11.6 Å². The smallest absolute Gasteiger partial charge is 0.171 e. The summed E-state index contributed by atoms with van der Waals surface area (Å²) in [5.74, 6) is -1.07. The molecule has 0 spiro atoms. The molecule has 4 heteroatoms. The number of hydrogen-bond donors (Lipinski definition) is 0. The molecule has 1 fully saturated rings. The predicted octanol–water partition coefficient (Wildman–Crippen LogP) is 2.70. The Hall–Kier alpha value is -0.930. The molecule has 2 rings (SSSR count). The van der Waals surface area contributed by atoms with Crippen molar-refractivity contribution >= 4 is 17.4 Å². The van der Waals surface area contributed by atoms with E-state index in [0.717, 1.165) is 0 Å². The van der Waals surface area contributed by atoms with Gasteiger partial charge in [-0.05, 0) is 18.6 Å². The average molecular weight is 229 g/mol. The summed E-state index contributed by atoms with van der Waals surface area (Å²) in [5, 5.41) is -0.0141. The maximum absolute atomic E-state index is 13.5. The summed E-state index contributed by atoms with van der Waals surface area (Å²) >= 11 is 5.61. The van der Waals surface area contributed by atoms with Crippen LogP contribution in [0.5, 0.6) is 0 Å². The number of halogens is 2. The van der Waals surface area contributed by atoms with Gasteiger partial charge >= 0.3 is 0 Å². The van der Waals surface area contributed by atoms with E-state index in [1.54, 1.807) is 6.07 Å². The summed E-state index contributed by atoms with van der Waals surface area (Å²) in [6.45, 7) is 0.948. The molecule has 0 bridgehead atoms. The monoisotopic (exact) mass is 228 g/mol. The third kappa shape index (κ3) is 2.03. The van der Waals surface area contributed by atoms with E-state index < -0.39 is 5.82 Å². The Morgan fingerprint density at radius 3 is 3.00 bits per heavy atom. The van der Waals surface area contributed by atoms with Gasteiger partial charge in [0.2, 0.25) is 0 Å². The van der Waals surface area contributed by atoms with Crippen LogP contribution in [0.25, 0.3) is 0 Å².